The second-order valence-electron chi connectivity index (χ2n) is 7.85. The van der Waals surface area contributed by atoms with Gasteiger partial charge in [-0.3, -0.25) is 4.90 Å². The lowest BCUT2D eigenvalue weighted by atomic mass is 9.95. The zero-order valence-electron chi connectivity index (χ0n) is 15.7. The van der Waals surface area contributed by atoms with Gasteiger partial charge < -0.3 is 15.0 Å². The minimum atomic E-state index is 0.389. The summed E-state index contributed by atoms with van der Waals surface area (Å²) in [5.74, 6) is 1.94. The summed E-state index contributed by atoms with van der Waals surface area (Å²) in [5, 5.41) is 3.42. The van der Waals surface area contributed by atoms with Crippen molar-refractivity contribution in [2.24, 2.45) is 0 Å². The second kappa shape index (κ2) is 7.44. The van der Waals surface area contributed by atoms with Gasteiger partial charge in [0, 0.05) is 38.3 Å². The first-order valence-electron chi connectivity index (χ1n) is 10.1. The summed E-state index contributed by atoms with van der Waals surface area (Å²) in [7, 11) is 0. The molecule has 2 aromatic rings. The third kappa shape index (κ3) is 3.64. The fraction of sp³-hybridized carbons (Fsp3) is 0.524. The van der Waals surface area contributed by atoms with Crippen molar-refractivity contribution in [1.29, 1.82) is 0 Å². The molecule has 1 N–H and O–H groups in total. The second-order valence-corrected chi connectivity index (χ2v) is 7.85. The third-order valence-corrected chi connectivity index (χ3v) is 6.11. The SMILES string of the molecule is c1ccc2c(c1)CCN(C1CCN(c3cc(NC4COC4)ncn3)CC1)C2. The Labute approximate surface area is 160 Å². The number of aromatic nitrogens is 2. The molecule has 3 aliphatic heterocycles. The van der Waals surface area contributed by atoms with Crippen molar-refractivity contribution < 1.29 is 4.74 Å². The lowest BCUT2D eigenvalue weighted by Crippen LogP contribution is -2.46. The zero-order valence-corrected chi connectivity index (χ0v) is 15.7. The average Bonchev–Trinajstić information content (AvgIpc) is 2.71. The van der Waals surface area contributed by atoms with Gasteiger partial charge in [-0.1, -0.05) is 24.3 Å². The van der Waals surface area contributed by atoms with Crippen LogP contribution in [0.15, 0.2) is 36.7 Å². The first-order chi connectivity index (χ1) is 13.3. The molecule has 2 saturated heterocycles. The molecule has 0 saturated carbocycles. The van der Waals surface area contributed by atoms with E-state index in [1.54, 1.807) is 6.33 Å². The van der Waals surface area contributed by atoms with Crippen LogP contribution in [0.1, 0.15) is 24.0 Å². The van der Waals surface area contributed by atoms with E-state index in [9.17, 15) is 0 Å². The predicted octanol–water partition coefficient (Wildman–Crippen LogP) is 2.31. The van der Waals surface area contributed by atoms with Gasteiger partial charge in [0.05, 0.1) is 19.3 Å². The van der Waals surface area contributed by atoms with E-state index in [1.807, 2.05) is 0 Å². The van der Waals surface area contributed by atoms with Gasteiger partial charge in [0.1, 0.15) is 18.0 Å². The Bertz CT molecular complexity index is 786. The lowest BCUT2D eigenvalue weighted by molar-refractivity contribution is 0.0209. The van der Waals surface area contributed by atoms with Crippen LogP contribution in [0.25, 0.3) is 0 Å². The molecule has 0 radical (unpaired) electrons. The van der Waals surface area contributed by atoms with Crippen LogP contribution in [0.4, 0.5) is 11.6 Å². The number of nitrogens with one attached hydrogen (secondary N) is 1. The zero-order chi connectivity index (χ0) is 18.1. The van der Waals surface area contributed by atoms with Crippen molar-refractivity contribution in [3.63, 3.8) is 0 Å². The normalized spacial score (nSPS) is 21.6. The van der Waals surface area contributed by atoms with Crippen LogP contribution in [0.2, 0.25) is 0 Å². The van der Waals surface area contributed by atoms with E-state index in [0.717, 1.165) is 44.5 Å². The van der Waals surface area contributed by atoms with Crippen LogP contribution in [-0.4, -0.2) is 59.8 Å². The highest BCUT2D eigenvalue weighted by Crippen LogP contribution is 2.27. The summed E-state index contributed by atoms with van der Waals surface area (Å²) < 4.78 is 5.22. The number of nitrogens with zero attached hydrogens (tertiary/aromatic N) is 4. The first kappa shape index (κ1) is 17.0. The number of benzene rings is 1. The standard InChI is InChI=1S/C21H27N5O/c1-2-4-17-12-26(8-5-16(17)3-1)19-6-9-25(10-7-19)21-11-20(22-15-23-21)24-18-13-27-14-18/h1-4,11,15,18-19H,5-10,12-14H2,(H,22,23,24). The van der Waals surface area contributed by atoms with E-state index in [4.69, 9.17) is 4.74 Å². The van der Waals surface area contributed by atoms with Crippen LogP contribution in [-0.2, 0) is 17.7 Å². The summed E-state index contributed by atoms with van der Waals surface area (Å²) in [4.78, 5) is 13.9. The number of hydrogen-bond donors (Lipinski definition) is 1. The summed E-state index contributed by atoms with van der Waals surface area (Å²) in [6.07, 6.45) is 5.25. The molecule has 1 aromatic carbocycles. The maximum Gasteiger partial charge on any atom is 0.134 e. The van der Waals surface area contributed by atoms with E-state index in [2.05, 4.69) is 55.4 Å². The molecule has 0 aliphatic carbocycles. The Kier molecular flexibility index (Phi) is 4.67. The Balaban J connectivity index is 1.19. The highest BCUT2D eigenvalue weighted by Gasteiger charge is 2.28. The van der Waals surface area contributed by atoms with E-state index >= 15 is 0 Å². The van der Waals surface area contributed by atoms with Gasteiger partial charge in [0.25, 0.3) is 0 Å². The Hall–Kier alpha value is -2.18. The van der Waals surface area contributed by atoms with Crippen LogP contribution in [0.5, 0.6) is 0 Å². The van der Waals surface area contributed by atoms with Gasteiger partial charge in [-0.05, 0) is 30.4 Å². The Morgan fingerprint density at radius 3 is 2.59 bits per heavy atom. The van der Waals surface area contributed by atoms with Crippen molar-refractivity contribution in [2.45, 2.75) is 37.9 Å². The number of fused-ring (bicyclic) bond motifs is 1. The molecule has 1 aromatic heterocycles. The monoisotopic (exact) mass is 365 g/mol. The molecule has 0 amide bonds. The van der Waals surface area contributed by atoms with Crippen molar-refractivity contribution in [3.8, 4) is 0 Å². The summed E-state index contributed by atoms with van der Waals surface area (Å²) in [5.41, 5.74) is 3.04. The first-order valence-corrected chi connectivity index (χ1v) is 10.1. The van der Waals surface area contributed by atoms with Gasteiger partial charge in [-0.25, -0.2) is 9.97 Å². The molecule has 142 valence electrons. The Morgan fingerprint density at radius 2 is 1.81 bits per heavy atom. The maximum absolute atomic E-state index is 5.22. The van der Waals surface area contributed by atoms with Crippen LogP contribution in [0, 0.1) is 0 Å². The molecule has 2 fully saturated rings. The fourth-order valence-corrected chi connectivity index (χ4v) is 4.42. The van der Waals surface area contributed by atoms with E-state index in [0.29, 0.717) is 12.1 Å². The van der Waals surface area contributed by atoms with E-state index < -0.39 is 0 Å². The van der Waals surface area contributed by atoms with Crippen LogP contribution in [0.3, 0.4) is 0 Å². The number of rotatable bonds is 4. The minimum absolute atomic E-state index is 0.389. The molecular formula is C21H27N5O. The molecule has 5 rings (SSSR count). The van der Waals surface area contributed by atoms with E-state index in [-0.39, 0.29) is 0 Å². The van der Waals surface area contributed by atoms with Crippen molar-refractivity contribution >= 4 is 11.6 Å². The molecule has 27 heavy (non-hydrogen) atoms. The molecule has 4 heterocycles. The largest absolute Gasteiger partial charge is 0.377 e. The lowest BCUT2D eigenvalue weighted by Gasteiger charge is -2.41. The van der Waals surface area contributed by atoms with Gasteiger partial charge in [0.2, 0.25) is 0 Å². The molecule has 0 bridgehead atoms. The molecule has 6 heteroatoms. The summed E-state index contributed by atoms with van der Waals surface area (Å²) in [6.45, 7) is 5.95. The topological polar surface area (TPSA) is 53.5 Å². The molecule has 0 unspecified atom stereocenters. The van der Waals surface area contributed by atoms with Gasteiger partial charge in [-0.15, -0.1) is 0 Å². The summed E-state index contributed by atoms with van der Waals surface area (Å²) in [6, 6.07) is 12.1. The van der Waals surface area contributed by atoms with Gasteiger partial charge in [-0.2, -0.15) is 0 Å². The molecule has 0 spiro atoms. The summed E-state index contributed by atoms with van der Waals surface area (Å²) >= 11 is 0. The maximum atomic E-state index is 5.22. The van der Waals surface area contributed by atoms with Crippen LogP contribution < -0.4 is 10.2 Å². The van der Waals surface area contributed by atoms with Crippen molar-refractivity contribution in [3.05, 3.63) is 47.8 Å². The molecular weight excluding hydrogens is 338 g/mol. The highest BCUT2D eigenvalue weighted by molar-refractivity contribution is 5.49. The number of hydrogen-bond acceptors (Lipinski definition) is 6. The van der Waals surface area contributed by atoms with Gasteiger partial charge in [0.15, 0.2) is 0 Å². The average molecular weight is 365 g/mol. The fourth-order valence-electron chi connectivity index (χ4n) is 4.42. The van der Waals surface area contributed by atoms with Gasteiger partial charge >= 0.3 is 0 Å². The smallest absolute Gasteiger partial charge is 0.134 e. The van der Waals surface area contributed by atoms with Crippen LogP contribution >= 0.6 is 0 Å². The van der Waals surface area contributed by atoms with Crippen molar-refractivity contribution in [2.75, 3.05) is 43.1 Å². The molecule has 0 atom stereocenters. The quantitative estimate of drug-likeness (QED) is 0.897. The molecule has 6 nitrogen and oxygen atoms in total. The highest BCUT2D eigenvalue weighted by atomic mass is 16.5. The predicted molar refractivity (Wildman–Crippen MR) is 106 cm³/mol. The Morgan fingerprint density at radius 1 is 1.00 bits per heavy atom. The number of anilines is 2. The number of ether oxygens (including phenoxy) is 1. The number of piperidine rings is 1. The van der Waals surface area contributed by atoms with Crippen molar-refractivity contribution in [1.82, 2.24) is 14.9 Å². The van der Waals surface area contributed by atoms with E-state index in [1.165, 1.54) is 36.9 Å². The molecule has 3 aliphatic rings. The minimum Gasteiger partial charge on any atom is -0.377 e. The third-order valence-electron chi connectivity index (χ3n) is 6.11.